The zero-order valence-corrected chi connectivity index (χ0v) is 16.3. The topological polar surface area (TPSA) is 58.8 Å². The third-order valence-corrected chi connectivity index (χ3v) is 5.86. The van der Waals surface area contributed by atoms with Crippen molar-refractivity contribution in [2.75, 3.05) is 26.7 Å². The van der Waals surface area contributed by atoms with Crippen LogP contribution in [0, 0.1) is 19.8 Å². The monoisotopic (exact) mass is 369 g/mol. The largest absolute Gasteiger partial charge is 0.497 e. The Bertz CT molecular complexity index is 795. The number of carbonyl (C=O) groups excluding carboxylic acids is 1. The van der Waals surface area contributed by atoms with Gasteiger partial charge in [-0.15, -0.1) is 0 Å². The van der Waals surface area contributed by atoms with Crippen molar-refractivity contribution in [3.63, 3.8) is 0 Å². The van der Waals surface area contributed by atoms with Crippen molar-refractivity contribution in [3.8, 4) is 5.75 Å². The Morgan fingerprint density at radius 3 is 2.63 bits per heavy atom. The summed E-state index contributed by atoms with van der Waals surface area (Å²) in [4.78, 5) is 17.7. The van der Waals surface area contributed by atoms with Gasteiger partial charge in [-0.1, -0.05) is 17.3 Å². The first-order valence-electron chi connectivity index (χ1n) is 9.64. The number of aryl methyl sites for hydroxylation is 2. The zero-order chi connectivity index (χ0) is 19.0. The van der Waals surface area contributed by atoms with Crippen LogP contribution in [0.5, 0.6) is 5.75 Å². The first-order chi connectivity index (χ1) is 13.0. The van der Waals surface area contributed by atoms with Crippen LogP contribution < -0.4 is 4.74 Å². The number of hydrogen-bond donors (Lipinski definition) is 0. The highest BCUT2D eigenvalue weighted by Gasteiger charge is 2.38. The predicted octanol–water partition coefficient (Wildman–Crippen LogP) is 3.04. The number of ether oxygens (including phenoxy) is 1. The van der Waals surface area contributed by atoms with Crippen LogP contribution in [0.15, 0.2) is 28.8 Å². The molecule has 4 heterocycles. The molecule has 1 amide bonds. The number of benzene rings is 1. The molecule has 2 aromatic rings. The Balaban J connectivity index is 1.49. The third kappa shape index (κ3) is 3.58. The van der Waals surface area contributed by atoms with Crippen LogP contribution in [-0.2, 0) is 6.54 Å². The molecule has 6 nitrogen and oxygen atoms in total. The van der Waals surface area contributed by atoms with Crippen LogP contribution in [0.4, 0.5) is 0 Å². The van der Waals surface area contributed by atoms with Gasteiger partial charge in [0.2, 0.25) is 0 Å². The molecule has 0 saturated carbocycles. The number of aromatic nitrogens is 1. The zero-order valence-electron chi connectivity index (χ0n) is 16.3. The fourth-order valence-corrected chi connectivity index (χ4v) is 4.48. The molecule has 2 atom stereocenters. The van der Waals surface area contributed by atoms with Crippen molar-refractivity contribution in [1.82, 2.24) is 15.0 Å². The summed E-state index contributed by atoms with van der Waals surface area (Å²) in [7, 11) is 1.69. The summed E-state index contributed by atoms with van der Waals surface area (Å²) in [5, 5.41) is 3.96. The van der Waals surface area contributed by atoms with E-state index in [1.54, 1.807) is 7.11 Å². The van der Waals surface area contributed by atoms with E-state index in [0.717, 1.165) is 38.3 Å². The average molecular weight is 369 g/mol. The number of fused-ring (bicyclic) bond motifs is 4. The van der Waals surface area contributed by atoms with Gasteiger partial charge in [0, 0.05) is 32.2 Å². The lowest BCUT2D eigenvalue weighted by molar-refractivity contribution is 0.0582. The maximum Gasteiger partial charge on any atom is 0.259 e. The van der Waals surface area contributed by atoms with Crippen molar-refractivity contribution < 1.29 is 14.1 Å². The maximum atomic E-state index is 13.2. The minimum absolute atomic E-state index is 0.0762. The molecular formula is C21H27N3O3. The maximum absolute atomic E-state index is 13.2. The molecule has 0 unspecified atom stereocenters. The van der Waals surface area contributed by atoms with E-state index in [1.807, 2.05) is 26.0 Å². The lowest BCUT2D eigenvalue weighted by Crippen LogP contribution is -2.47. The summed E-state index contributed by atoms with van der Waals surface area (Å²) in [6.45, 7) is 7.34. The van der Waals surface area contributed by atoms with Gasteiger partial charge in [-0.05, 0) is 50.3 Å². The van der Waals surface area contributed by atoms with Gasteiger partial charge >= 0.3 is 0 Å². The first kappa shape index (κ1) is 18.0. The van der Waals surface area contributed by atoms with Crippen molar-refractivity contribution in [2.24, 2.45) is 5.92 Å². The van der Waals surface area contributed by atoms with Crippen LogP contribution in [0.3, 0.4) is 0 Å². The SMILES string of the molecule is COc1ccc(CN2C[C@H]3CC[C@@H](C2)N(C(=O)c2c(C)noc2C)C3)cc1. The number of nitrogens with zero attached hydrogens (tertiary/aromatic N) is 3. The van der Waals surface area contributed by atoms with Crippen molar-refractivity contribution in [3.05, 3.63) is 46.8 Å². The molecule has 0 spiro atoms. The molecular weight excluding hydrogens is 342 g/mol. The van der Waals surface area contributed by atoms with Gasteiger partial charge in [-0.2, -0.15) is 0 Å². The van der Waals surface area contributed by atoms with Gasteiger partial charge in [-0.25, -0.2) is 0 Å². The Morgan fingerprint density at radius 2 is 1.96 bits per heavy atom. The molecule has 0 aliphatic carbocycles. The molecule has 0 radical (unpaired) electrons. The van der Waals surface area contributed by atoms with Crippen LogP contribution in [-0.4, -0.2) is 53.6 Å². The van der Waals surface area contributed by atoms with E-state index in [2.05, 4.69) is 27.1 Å². The van der Waals surface area contributed by atoms with E-state index in [0.29, 0.717) is 22.9 Å². The van der Waals surface area contributed by atoms with Crippen molar-refractivity contribution in [1.29, 1.82) is 0 Å². The highest BCUT2D eigenvalue weighted by Crippen LogP contribution is 2.31. The summed E-state index contributed by atoms with van der Waals surface area (Å²) in [6.07, 6.45) is 2.26. The second-order valence-electron chi connectivity index (χ2n) is 7.80. The van der Waals surface area contributed by atoms with Crippen molar-refractivity contribution in [2.45, 2.75) is 39.3 Å². The summed E-state index contributed by atoms with van der Waals surface area (Å²) >= 11 is 0. The predicted molar refractivity (Wildman–Crippen MR) is 102 cm³/mol. The molecule has 3 aliphatic heterocycles. The number of rotatable bonds is 4. The molecule has 3 aliphatic rings. The quantitative estimate of drug-likeness (QED) is 0.829. The standard InChI is InChI=1S/C21H27N3O3/c1-14-20(15(2)27-22-14)21(25)24-12-17-4-7-18(24)13-23(11-17)10-16-5-8-19(26-3)9-6-16/h5-6,8-9,17-18H,4,7,10-13H2,1-3H3/t17-,18+/m1/s1. The van der Waals surface area contributed by atoms with E-state index in [4.69, 9.17) is 9.26 Å². The molecule has 1 aromatic heterocycles. The summed E-state index contributed by atoms with van der Waals surface area (Å²) < 4.78 is 10.5. The fraction of sp³-hybridized carbons (Fsp3) is 0.524. The van der Waals surface area contributed by atoms with Gasteiger partial charge in [0.25, 0.3) is 5.91 Å². The molecule has 144 valence electrons. The number of methoxy groups -OCH3 is 1. The third-order valence-electron chi connectivity index (χ3n) is 5.86. The second kappa shape index (κ2) is 7.35. The number of piperidine rings is 1. The molecule has 3 fully saturated rings. The normalized spacial score (nSPS) is 22.7. The molecule has 27 heavy (non-hydrogen) atoms. The van der Waals surface area contributed by atoms with Crippen LogP contribution in [0.25, 0.3) is 0 Å². The molecule has 5 rings (SSSR count). The molecule has 0 N–H and O–H groups in total. The van der Waals surface area contributed by atoms with Gasteiger partial charge in [0.15, 0.2) is 0 Å². The Hall–Kier alpha value is -2.34. The highest BCUT2D eigenvalue weighted by atomic mass is 16.5. The smallest absolute Gasteiger partial charge is 0.259 e. The van der Waals surface area contributed by atoms with Crippen molar-refractivity contribution >= 4 is 5.91 Å². The Labute approximate surface area is 160 Å². The number of amides is 1. The van der Waals surface area contributed by atoms with E-state index in [1.165, 1.54) is 12.0 Å². The molecule has 2 bridgehead atoms. The van der Waals surface area contributed by atoms with E-state index in [-0.39, 0.29) is 11.9 Å². The molecule has 3 saturated heterocycles. The lowest BCUT2D eigenvalue weighted by atomic mass is 9.94. The Kier molecular flexibility index (Phi) is 4.91. The second-order valence-corrected chi connectivity index (χ2v) is 7.80. The number of hydrogen-bond acceptors (Lipinski definition) is 5. The van der Waals surface area contributed by atoms with Gasteiger partial charge in [0.05, 0.1) is 12.8 Å². The van der Waals surface area contributed by atoms with Crippen LogP contribution in [0.2, 0.25) is 0 Å². The highest BCUT2D eigenvalue weighted by molar-refractivity contribution is 5.96. The summed E-state index contributed by atoms with van der Waals surface area (Å²) in [5.41, 5.74) is 2.61. The minimum Gasteiger partial charge on any atom is -0.497 e. The number of carbonyl (C=O) groups is 1. The van der Waals surface area contributed by atoms with Crippen LogP contribution >= 0.6 is 0 Å². The lowest BCUT2D eigenvalue weighted by Gasteiger charge is -2.36. The van der Waals surface area contributed by atoms with E-state index in [9.17, 15) is 4.79 Å². The van der Waals surface area contributed by atoms with Gasteiger partial charge in [-0.3, -0.25) is 9.69 Å². The molecule has 6 heteroatoms. The minimum atomic E-state index is 0.0762. The van der Waals surface area contributed by atoms with Gasteiger partial charge < -0.3 is 14.2 Å². The van der Waals surface area contributed by atoms with Crippen LogP contribution in [0.1, 0.15) is 40.2 Å². The Morgan fingerprint density at radius 1 is 1.19 bits per heavy atom. The summed E-state index contributed by atoms with van der Waals surface area (Å²) in [6, 6.07) is 8.52. The summed E-state index contributed by atoms with van der Waals surface area (Å²) in [5.74, 6) is 2.09. The van der Waals surface area contributed by atoms with E-state index < -0.39 is 0 Å². The molecule has 1 aromatic carbocycles. The van der Waals surface area contributed by atoms with Gasteiger partial charge in [0.1, 0.15) is 17.1 Å². The fourth-order valence-electron chi connectivity index (χ4n) is 4.48. The average Bonchev–Trinajstić information content (AvgIpc) is 2.84. The van der Waals surface area contributed by atoms with E-state index >= 15 is 0 Å². The first-order valence-corrected chi connectivity index (χ1v) is 9.64.